The van der Waals surface area contributed by atoms with Crippen molar-refractivity contribution in [2.75, 3.05) is 0 Å². The lowest BCUT2D eigenvalue weighted by molar-refractivity contribution is 0.570. The van der Waals surface area contributed by atoms with Gasteiger partial charge in [-0.3, -0.25) is 0 Å². The van der Waals surface area contributed by atoms with Crippen LogP contribution in [0.1, 0.15) is 58.1 Å². The highest BCUT2D eigenvalue weighted by atomic mass is 16.4. The van der Waals surface area contributed by atoms with Gasteiger partial charge < -0.3 is 4.42 Å². The zero-order valence-corrected chi connectivity index (χ0v) is 33.8. The fourth-order valence-corrected chi connectivity index (χ4v) is 10.6. The Morgan fingerprint density at radius 1 is 0.443 bits per heavy atom. The molecule has 0 fully saturated rings. The van der Waals surface area contributed by atoms with E-state index < -0.39 is 0 Å². The van der Waals surface area contributed by atoms with E-state index >= 15 is 0 Å². The van der Waals surface area contributed by atoms with E-state index in [9.17, 15) is 4.79 Å². The second-order valence-corrected chi connectivity index (χ2v) is 17.0. The minimum Gasteiger partial charge on any atom is -0.422 e. The first-order valence-corrected chi connectivity index (χ1v) is 21.6. The number of benzene rings is 8. The predicted octanol–water partition coefficient (Wildman–Crippen LogP) is 14.7. The second-order valence-electron chi connectivity index (χ2n) is 17.0. The third kappa shape index (κ3) is 6.13. The van der Waals surface area contributed by atoms with Crippen LogP contribution in [0.5, 0.6) is 0 Å². The van der Waals surface area contributed by atoms with Crippen LogP contribution in [0.2, 0.25) is 0 Å². The molecule has 2 unspecified atom stereocenters. The van der Waals surface area contributed by atoms with Gasteiger partial charge in [-0.2, -0.15) is 0 Å². The summed E-state index contributed by atoms with van der Waals surface area (Å²) in [7, 11) is 0. The second kappa shape index (κ2) is 14.5. The van der Waals surface area contributed by atoms with Crippen molar-refractivity contribution in [3.05, 3.63) is 244 Å². The van der Waals surface area contributed by atoms with Crippen LogP contribution in [-0.2, 0) is 12.8 Å². The van der Waals surface area contributed by atoms with Crippen molar-refractivity contribution in [2.24, 2.45) is 0 Å². The van der Waals surface area contributed by atoms with Gasteiger partial charge >= 0.3 is 5.63 Å². The quantitative estimate of drug-likeness (QED) is 0.129. The van der Waals surface area contributed by atoms with E-state index in [4.69, 9.17) is 4.42 Å². The topological polar surface area (TPSA) is 30.2 Å². The molecule has 0 amide bonds. The number of rotatable bonds is 5. The maximum Gasteiger partial charge on any atom is 0.344 e. The van der Waals surface area contributed by atoms with Gasteiger partial charge in [-0.25, -0.2) is 4.79 Å². The Morgan fingerprint density at radius 2 is 1.08 bits per heavy atom. The Labute approximate surface area is 355 Å². The van der Waals surface area contributed by atoms with Crippen molar-refractivity contribution in [2.45, 2.75) is 37.5 Å². The smallest absolute Gasteiger partial charge is 0.344 e. The van der Waals surface area contributed by atoms with Gasteiger partial charge in [-0.05, 0) is 145 Å². The molecule has 8 aromatic carbocycles. The molecule has 290 valence electrons. The zero-order valence-electron chi connectivity index (χ0n) is 33.8. The average molecular weight is 783 g/mol. The molecule has 2 atom stereocenters. The summed E-state index contributed by atoms with van der Waals surface area (Å²) in [5, 5.41) is 2.44. The van der Waals surface area contributed by atoms with Gasteiger partial charge in [-0.1, -0.05) is 169 Å². The summed E-state index contributed by atoms with van der Waals surface area (Å²) in [4.78, 5) is 13.6. The summed E-state index contributed by atoms with van der Waals surface area (Å²) in [6.07, 6.45) is 8.94. The summed E-state index contributed by atoms with van der Waals surface area (Å²) in [6.45, 7) is 0. The first kappa shape index (κ1) is 35.6. The minimum absolute atomic E-state index is 0.186. The molecule has 0 saturated heterocycles. The minimum atomic E-state index is -0.318. The van der Waals surface area contributed by atoms with Gasteiger partial charge in [0.2, 0.25) is 0 Å². The first-order valence-electron chi connectivity index (χ1n) is 21.6. The van der Waals surface area contributed by atoms with Crippen molar-refractivity contribution in [1.82, 2.24) is 0 Å². The first-order chi connectivity index (χ1) is 30.1. The summed E-state index contributed by atoms with van der Waals surface area (Å²) in [5.74, 6) is 0.622. The van der Waals surface area contributed by atoms with Gasteiger partial charge in [0.05, 0.1) is 5.39 Å². The lowest BCUT2D eigenvalue weighted by Gasteiger charge is -2.32. The monoisotopic (exact) mass is 782 g/mol. The fourth-order valence-electron chi connectivity index (χ4n) is 10.6. The van der Waals surface area contributed by atoms with Crippen molar-refractivity contribution >= 4 is 27.3 Å². The highest BCUT2D eigenvalue weighted by molar-refractivity contribution is 6.06. The van der Waals surface area contributed by atoms with Gasteiger partial charge in [-0.15, -0.1) is 0 Å². The lowest BCUT2D eigenvalue weighted by Crippen LogP contribution is -2.16. The van der Waals surface area contributed by atoms with Crippen LogP contribution in [0.15, 0.2) is 209 Å². The third-order valence-electron chi connectivity index (χ3n) is 13.6. The molecule has 12 rings (SSSR count). The van der Waals surface area contributed by atoms with Gasteiger partial charge in [0.15, 0.2) is 0 Å². The van der Waals surface area contributed by atoms with E-state index in [-0.39, 0.29) is 11.5 Å². The number of hydrogen-bond donors (Lipinski definition) is 0. The largest absolute Gasteiger partial charge is 0.422 e. The molecule has 3 aliphatic rings. The van der Waals surface area contributed by atoms with Crippen molar-refractivity contribution < 1.29 is 4.42 Å². The van der Waals surface area contributed by atoms with Crippen LogP contribution in [0.3, 0.4) is 0 Å². The Hall–Kier alpha value is -7.29. The van der Waals surface area contributed by atoms with Crippen LogP contribution in [-0.4, -0.2) is 0 Å². The van der Waals surface area contributed by atoms with E-state index in [0.717, 1.165) is 58.7 Å². The van der Waals surface area contributed by atoms with E-state index in [1.807, 2.05) is 30.3 Å². The van der Waals surface area contributed by atoms with Crippen LogP contribution in [0.25, 0.3) is 71.8 Å². The van der Waals surface area contributed by atoms with Crippen LogP contribution < -0.4 is 5.63 Å². The summed E-state index contributed by atoms with van der Waals surface area (Å²) >= 11 is 0. The molecule has 0 saturated carbocycles. The summed E-state index contributed by atoms with van der Waals surface area (Å²) in [6, 6.07) is 65.8. The number of hydrogen-bond acceptors (Lipinski definition) is 2. The van der Waals surface area contributed by atoms with E-state index in [1.165, 1.54) is 61.2 Å². The van der Waals surface area contributed by atoms with Crippen LogP contribution in [0, 0.1) is 0 Å². The van der Waals surface area contributed by atoms with Crippen molar-refractivity contribution in [1.29, 1.82) is 0 Å². The maximum atomic E-state index is 13.6. The van der Waals surface area contributed by atoms with Crippen molar-refractivity contribution in [3.63, 3.8) is 0 Å². The zero-order chi connectivity index (χ0) is 40.4. The lowest BCUT2D eigenvalue weighted by atomic mass is 9.72. The number of allylic oxidation sites excluding steroid dienone is 4. The Balaban J connectivity index is 0.901. The average Bonchev–Trinajstić information content (AvgIpc) is 3.33. The van der Waals surface area contributed by atoms with Gasteiger partial charge in [0.1, 0.15) is 5.58 Å². The molecule has 3 aliphatic carbocycles. The summed E-state index contributed by atoms with van der Waals surface area (Å²) in [5.41, 5.74) is 20.9. The summed E-state index contributed by atoms with van der Waals surface area (Å²) < 4.78 is 5.97. The van der Waals surface area contributed by atoms with Gasteiger partial charge in [0.25, 0.3) is 0 Å². The Morgan fingerprint density at radius 3 is 1.95 bits per heavy atom. The highest BCUT2D eigenvalue weighted by Crippen LogP contribution is 2.48. The van der Waals surface area contributed by atoms with E-state index in [2.05, 4.69) is 164 Å². The normalized spacial score (nSPS) is 16.5. The number of fused-ring (bicyclic) bond motifs is 8. The predicted molar refractivity (Wildman–Crippen MR) is 252 cm³/mol. The molecule has 61 heavy (non-hydrogen) atoms. The van der Waals surface area contributed by atoms with Crippen LogP contribution >= 0.6 is 0 Å². The Kier molecular flexibility index (Phi) is 8.45. The highest BCUT2D eigenvalue weighted by Gasteiger charge is 2.30. The van der Waals surface area contributed by atoms with Crippen LogP contribution in [0.4, 0.5) is 0 Å². The fraction of sp³-hybridized carbons (Fsp3) is 0.102. The molecule has 0 N–H and O–H groups in total. The molecule has 0 radical (unpaired) electrons. The molecule has 1 aromatic heterocycles. The molecular weight excluding hydrogens is 741 g/mol. The molecule has 0 bridgehead atoms. The van der Waals surface area contributed by atoms with E-state index in [1.54, 1.807) is 5.57 Å². The standard InChI is InChI=1S/C59H42O2/c60-59-57-33-42(24-27-50(57)52-29-26-43(36-58(52)61-59)37-12-3-1-4-13-37)39-17-11-18-44(30-39)55-34-45-16-7-8-19-47(45)56-32-41(25-28-51(55)56)40-22-23-46-35-53(38-14-5-2-6-15-38)48-20-9-10-21-49(48)54(46)31-40/h1-8,10-19,21-33,36,53,55H,9,20,34-35H2. The molecule has 1 heterocycles. The molecule has 9 aromatic rings. The molecule has 2 nitrogen and oxygen atoms in total. The SMILES string of the molecule is O=c1oc2cc(-c3ccccc3)ccc2c2ccc(-c3cccc(C4Cc5ccccc5-c5cc(-c6ccc7c(c6)C6=C(CCC=C6)C(c6ccccc6)C7)ccc54)c3)cc12. The molecule has 0 spiro atoms. The molecule has 0 aliphatic heterocycles. The van der Waals surface area contributed by atoms with Gasteiger partial charge in [0, 0.05) is 17.2 Å². The van der Waals surface area contributed by atoms with E-state index in [0.29, 0.717) is 16.9 Å². The van der Waals surface area contributed by atoms with Crippen molar-refractivity contribution in [3.8, 4) is 44.5 Å². The molecule has 2 heteroatoms. The Bertz CT molecular complexity index is 3330. The maximum absolute atomic E-state index is 13.6. The third-order valence-corrected chi connectivity index (χ3v) is 13.6. The molecular formula is C59H42O2.